The zero-order valence-electron chi connectivity index (χ0n) is 41.4. The molecule has 0 aromatic carbocycles. The fourth-order valence-corrected chi connectivity index (χ4v) is 7.87. The Kier molecular flexibility index (Phi) is 49.3. The van der Waals surface area contributed by atoms with Crippen LogP contribution in [0.5, 0.6) is 0 Å². The van der Waals surface area contributed by atoms with Gasteiger partial charge in [0.25, 0.3) is 0 Å². The van der Waals surface area contributed by atoms with E-state index in [1.165, 1.54) is 161 Å². The lowest BCUT2D eigenvalue weighted by Gasteiger charge is -2.18. The van der Waals surface area contributed by atoms with E-state index in [2.05, 4.69) is 57.2 Å². The highest BCUT2D eigenvalue weighted by molar-refractivity contribution is 5.71. The first-order valence-corrected chi connectivity index (χ1v) is 27.0. The molecule has 1 atom stereocenters. The Hall–Kier alpha value is -2.37. The first-order chi connectivity index (χ1) is 30.5. The van der Waals surface area contributed by atoms with Gasteiger partial charge in [0.15, 0.2) is 6.10 Å². The van der Waals surface area contributed by atoms with Gasteiger partial charge in [0, 0.05) is 19.3 Å². The number of esters is 3. The zero-order chi connectivity index (χ0) is 45.1. The number of unbranched alkanes of at least 4 members (excludes halogenated alkanes) is 32. The Bertz CT molecular complexity index is 1050. The molecule has 0 bridgehead atoms. The number of ether oxygens (including phenoxy) is 3. The van der Waals surface area contributed by atoms with Crippen LogP contribution >= 0.6 is 0 Å². The maximum Gasteiger partial charge on any atom is 0.306 e. The van der Waals surface area contributed by atoms with Gasteiger partial charge in [-0.15, -0.1) is 0 Å². The van der Waals surface area contributed by atoms with E-state index in [0.29, 0.717) is 19.3 Å². The maximum atomic E-state index is 12.8. The molecule has 6 heteroatoms. The average Bonchev–Trinajstić information content (AvgIpc) is 3.27. The summed E-state index contributed by atoms with van der Waals surface area (Å²) in [5.74, 6) is -0.868. The molecule has 0 aliphatic carbocycles. The third-order valence-electron chi connectivity index (χ3n) is 11.9. The van der Waals surface area contributed by atoms with Crippen LogP contribution in [0.25, 0.3) is 0 Å². The summed E-state index contributed by atoms with van der Waals surface area (Å²) in [7, 11) is 0. The van der Waals surface area contributed by atoms with E-state index in [4.69, 9.17) is 14.2 Å². The van der Waals surface area contributed by atoms with Crippen molar-refractivity contribution in [2.24, 2.45) is 0 Å². The average molecular weight is 871 g/mol. The van der Waals surface area contributed by atoms with Gasteiger partial charge >= 0.3 is 17.9 Å². The first-order valence-electron chi connectivity index (χ1n) is 27.0. The number of hydrogen-bond acceptors (Lipinski definition) is 6. The number of rotatable bonds is 49. The van der Waals surface area contributed by atoms with Gasteiger partial charge < -0.3 is 14.2 Å². The number of hydrogen-bond donors (Lipinski definition) is 0. The standard InChI is InChI=1S/C56H102O6/c1-4-7-10-13-16-19-22-24-26-28-30-32-34-37-40-43-46-49-55(58)61-52-53(51-60-54(57)48-45-42-39-36-21-18-15-12-9-6-3)62-56(59)50-47-44-41-38-35-33-31-29-27-25-23-20-17-14-11-8-5-2/h7,10,16,19,24,26,53H,4-6,8-9,11-15,17-18,20-23,25,27-52H2,1-3H3/b10-7-,19-16-,26-24-. The summed E-state index contributed by atoms with van der Waals surface area (Å²) in [5, 5.41) is 0. The molecular weight excluding hydrogens is 769 g/mol. The summed E-state index contributed by atoms with van der Waals surface area (Å²) in [6.07, 6.45) is 59.9. The first kappa shape index (κ1) is 59.6. The van der Waals surface area contributed by atoms with Gasteiger partial charge in [-0.1, -0.05) is 250 Å². The van der Waals surface area contributed by atoms with Gasteiger partial charge in [0.05, 0.1) is 0 Å². The van der Waals surface area contributed by atoms with E-state index in [1.54, 1.807) is 0 Å². The zero-order valence-corrected chi connectivity index (χ0v) is 41.4. The van der Waals surface area contributed by atoms with E-state index in [1.807, 2.05) is 0 Å². The predicted molar refractivity (Wildman–Crippen MR) is 266 cm³/mol. The maximum absolute atomic E-state index is 12.8. The molecule has 0 N–H and O–H groups in total. The molecule has 0 aliphatic rings. The minimum Gasteiger partial charge on any atom is -0.462 e. The summed E-state index contributed by atoms with van der Waals surface area (Å²) < 4.78 is 16.8. The van der Waals surface area contributed by atoms with Gasteiger partial charge in [-0.05, 0) is 51.4 Å². The molecular formula is C56H102O6. The highest BCUT2D eigenvalue weighted by Gasteiger charge is 2.19. The topological polar surface area (TPSA) is 78.9 Å². The van der Waals surface area contributed by atoms with E-state index in [9.17, 15) is 14.4 Å². The van der Waals surface area contributed by atoms with Gasteiger partial charge in [-0.25, -0.2) is 0 Å². The van der Waals surface area contributed by atoms with Crippen LogP contribution in [0.2, 0.25) is 0 Å². The molecule has 0 aromatic heterocycles. The van der Waals surface area contributed by atoms with Gasteiger partial charge in [-0.3, -0.25) is 14.4 Å². The lowest BCUT2D eigenvalue weighted by Crippen LogP contribution is -2.30. The number of carbonyl (C=O) groups excluding carboxylic acids is 3. The van der Waals surface area contributed by atoms with Crippen LogP contribution in [-0.2, 0) is 28.6 Å². The van der Waals surface area contributed by atoms with Crippen LogP contribution < -0.4 is 0 Å². The Morgan fingerprint density at radius 1 is 0.339 bits per heavy atom. The Morgan fingerprint density at radius 2 is 0.629 bits per heavy atom. The Morgan fingerprint density at radius 3 is 0.984 bits per heavy atom. The van der Waals surface area contributed by atoms with Crippen molar-refractivity contribution >= 4 is 17.9 Å². The fraction of sp³-hybridized carbons (Fsp3) is 0.839. The van der Waals surface area contributed by atoms with Crippen LogP contribution in [0.4, 0.5) is 0 Å². The van der Waals surface area contributed by atoms with Crippen molar-refractivity contribution < 1.29 is 28.6 Å². The van der Waals surface area contributed by atoms with E-state index in [-0.39, 0.29) is 31.1 Å². The minimum atomic E-state index is -0.770. The number of allylic oxidation sites excluding steroid dienone is 6. The van der Waals surface area contributed by atoms with Crippen LogP contribution in [0.15, 0.2) is 36.5 Å². The fourth-order valence-electron chi connectivity index (χ4n) is 7.87. The van der Waals surface area contributed by atoms with Gasteiger partial charge in [-0.2, -0.15) is 0 Å². The quantitative estimate of drug-likeness (QED) is 0.0262. The molecule has 0 saturated carbocycles. The second-order valence-electron chi connectivity index (χ2n) is 18.1. The van der Waals surface area contributed by atoms with Crippen molar-refractivity contribution in [1.82, 2.24) is 0 Å². The largest absolute Gasteiger partial charge is 0.462 e. The molecule has 0 saturated heterocycles. The summed E-state index contributed by atoms with van der Waals surface area (Å²) in [4.78, 5) is 38.0. The summed E-state index contributed by atoms with van der Waals surface area (Å²) in [6.45, 7) is 6.54. The molecule has 0 fully saturated rings. The van der Waals surface area contributed by atoms with E-state index >= 15 is 0 Å². The summed E-state index contributed by atoms with van der Waals surface area (Å²) in [5.41, 5.74) is 0. The lowest BCUT2D eigenvalue weighted by atomic mass is 10.0. The monoisotopic (exact) mass is 871 g/mol. The second kappa shape index (κ2) is 51.3. The molecule has 0 rings (SSSR count). The molecule has 0 aliphatic heterocycles. The molecule has 0 radical (unpaired) electrons. The molecule has 62 heavy (non-hydrogen) atoms. The summed E-state index contributed by atoms with van der Waals surface area (Å²) in [6, 6.07) is 0. The van der Waals surface area contributed by atoms with Crippen molar-refractivity contribution in [1.29, 1.82) is 0 Å². The summed E-state index contributed by atoms with van der Waals surface area (Å²) >= 11 is 0. The molecule has 0 aromatic rings. The van der Waals surface area contributed by atoms with Crippen molar-refractivity contribution in [2.75, 3.05) is 13.2 Å². The molecule has 6 nitrogen and oxygen atoms in total. The van der Waals surface area contributed by atoms with E-state index < -0.39 is 6.10 Å². The van der Waals surface area contributed by atoms with Crippen molar-refractivity contribution in [3.8, 4) is 0 Å². The molecule has 362 valence electrons. The van der Waals surface area contributed by atoms with Gasteiger partial charge in [0.1, 0.15) is 13.2 Å². The number of carbonyl (C=O) groups is 3. The smallest absolute Gasteiger partial charge is 0.306 e. The molecule has 1 unspecified atom stereocenters. The van der Waals surface area contributed by atoms with Crippen LogP contribution in [0, 0.1) is 0 Å². The van der Waals surface area contributed by atoms with Crippen LogP contribution in [0.3, 0.4) is 0 Å². The van der Waals surface area contributed by atoms with Crippen molar-refractivity contribution in [2.45, 2.75) is 290 Å². The molecule has 0 heterocycles. The third kappa shape index (κ3) is 48.7. The highest BCUT2D eigenvalue weighted by Crippen LogP contribution is 2.16. The highest BCUT2D eigenvalue weighted by atomic mass is 16.6. The second-order valence-corrected chi connectivity index (χ2v) is 18.1. The third-order valence-corrected chi connectivity index (χ3v) is 11.9. The SMILES string of the molecule is CC/C=C\C/C=C\C/C=C\CCCCCCCCCC(=O)OCC(COC(=O)CCCCCCCCCCCC)OC(=O)CCCCCCCCCCCCCCCCCCC. The predicted octanol–water partition coefficient (Wildman–Crippen LogP) is 17.7. The minimum absolute atomic E-state index is 0.0710. The lowest BCUT2D eigenvalue weighted by molar-refractivity contribution is -0.167. The van der Waals surface area contributed by atoms with Crippen molar-refractivity contribution in [3.63, 3.8) is 0 Å². The Balaban J connectivity index is 4.31. The van der Waals surface area contributed by atoms with E-state index in [0.717, 1.165) is 83.5 Å². The molecule has 0 spiro atoms. The van der Waals surface area contributed by atoms with Crippen molar-refractivity contribution in [3.05, 3.63) is 36.5 Å². The van der Waals surface area contributed by atoms with Crippen LogP contribution in [-0.4, -0.2) is 37.2 Å². The molecule has 0 amide bonds. The van der Waals surface area contributed by atoms with Crippen LogP contribution in [0.1, 0.15) is 284 Å². The normalized spacial score (nSPS) is 12.2. The van der Waals surface area contributed by atoms with Gasteiger partial charge in [0.2, 0.25) is 0 Å². The Labute approximate surface area is 385 Å².